The molecule has 4 saturated heterocycles. The Hall–Kier alpha value is -4.00. The molecule has 8 rings (SSSR count). The zero-order chi connectivity index (χ0) is 53.0. The number of aliphatic carboxylic acids is 1. The molecule has 404 valence electrons. The maximum Gasteiger partial charge on any atom is 0.329 e. The fourth-order valence-corrected chi connectivity index (χ4v) is 16.2. The number of carboxylic acid groups (broad SMARTS) is 1. The van der Waals surface area contributed by atoms with Crippen molar-refractivity contribution < 1.29 is 60.7 Å². The summed E-state index contributed by atoms with van der Waals surface area (Å²) in [7, 11) is -4.32. The second-order valence-electron chi connectivity index (χ2n) is 19.3. The predicted molar refractivity (Wildman–Crippen MR) is 282 cm³/mol. The van der Waals surface area contributed by atoms with Crippen LogP contribution in [0.2, 0.25) is 0 Å². The average Bonchev–Trinajstić information content (AvgIpc) is 4.12. The lowest BCUT2D eigenvalue weighted by molar-refractivity contribution is -0.143. The molecule has 2 aromatic heterocycles. The first-order valence-electron chi connectivity index (χ1n) is 25.0. The standard InChI is InChI=1S/C26H36N2O6S2.C17H25NO6S.C9H13NOS/c1-19-15-22(33-3)16-20(2)25(19)36(31,32)28-11-5-4-7-21(28)17-34-18-24(29)27-12-9-26(30,10-13-27)23-8-6-14-35-23;1-12-8-15(23-3)9-13(2)17(12)25(21,22)18-7-5-4-6-14(18)10-24-11-16(19)20;11-9(3-5-10-6-4-9)8-2-1-7-12-8/h6,8,14-16,21,30H,4-5,7,9-13,17-18H2,1-3H3;8-9,14H,4-7,10-11H2,1-3H3,(H,19,20);1-2,7,10-11H,3-6H2. The molecule has 6 heterocycles. The summed E-state index contributed by atoms with van der Waals surface area (Å²) in [5, 5.41) is 37.0. The summed E-state index contributed by atoms with van der Waals surface area (Å²) in [6.07, 6.45) is 7.42. The van der Waals surface area contributed by atoms with Crippen molar-refractivity contribution in [2.24, 2.45) is 0 Å². The number of nitrogens with one attached hydrogen (secondary N) is 1. The number of aryl methyl sites for hydroxylation is 4. The van der Waals surface area contributed by atoms with Gasteiger partial charge in [-0.05, 0) is 162 Å². The van der Waals surface area contributed by atoms with E-state index in [4.69, 9.17) is 24.1 Å². The highest BCUT2D eigenvalue weighted by molar-refractivity contribution is 7.89. The van der Waals surface area contributed by atoms with Crippen molar-refractivity contribution >= 4 is 54.6 Å². The van der Waals surface area contributed by atoms with Gasteiger partial charge < -0.3 is 44.5 Å². The second-order valence-corrected chi connectivity index (χ2v) is 24.8. The van der Waals surface area contributed by atoms with Gasteiger partial charge in [0.05, 0.1) is 37.2 Å². The summed E-state index contributed by atoms with van der Waals surface area (Å²) < 4.78 is 78.3. The summed E-state index contributed by atoms with van der Waals surface area (Å²) in [5.74, 6) is 0.0591. The molecule has 0 aliphatic carbocycles. The van der Waals surface area contributed by atoms with Gasteiger partial charge in [0, 0.05) is 48.0 Å². The van der Waals surface area contributed by atoms with Crippen molar-refractivity contribution in [2.45, 2.75) is 125 Å². The van der Waals surface area contributed by atoms with Gasteiger partial charge in [-0.15, -0.1) is 22.7 Å². The van der Waals surface area contributed by atoms with Crippen LogP contribution in [0, 0.1) is 27.7 Å². The normalized spacial score (nSPS) is 20.5. The molecule has 2 atom stereocenters. The Bertz CT molecular complexity index is 2600. The Morgan fingerprint density at radius 1 is 0.644 bits per heavy atom. The van der Waals surface area contributed by atoms with Crippen molar-refractivity contribution in [3.63, 3.8) is 0 Å². The van der Waals surface area contributed by atoms with E-state index in [9.17, 15) is 36.6 Å². The third-order valence-corrected chi connectivity index (χ3v) is 20.7. The molecule has 2 aromatic carbocycles. The molecular formula is C52H74N4O13S4. The van der Waals surface area contributed by atoms with Gasteiger partial charge in [-0.1, -0.05) is 25.0 Å². The number of aliphatic hydroxyl groups is 2. The minimum atomic E-state index is -3.73. The lowest BCUT2D eigenvalue weighted by Crippen LogP contribution is -2.48. The van der Waals surface area contributed by atoms with E-state index < -0.39 is 43.8 Å². The number of ether oxygens (including phenoxy) is 4. The number of sulfonamides is 2. The third kappa shape index (κ3) is 14.7. The van der Waals surface area contributed by atoms with Crippen LogP contribution in [-0.2, 0) is 50.3 Å². The van der Waals surface area contributed by atoms with Crippen LogP contribution < -0.4 is 14.8 Å². The van der Waals surface area contributed by atoms with E-state index in [0.717, 1.165) is 61.4 Å². The van der Waals surface area contributed by atoms with Crippen molar-refractivity contribution in [3.05, 3.63) is 91.3 Å². The number of hydrogen-bond donors (Lipinski definition) is 4. The molecule has 4 N–H and O–H groups in total. The average molecular weight is 1090 g/mol. The smallest absolute Gasteiger partial charge is 0.329 e. The fourth-order valence-electron chi connectivity index (χ4n) is 10.2. The number of carboxylic acids is 1. The van der Waals surface area contributed by atoms with Gasteiger partial charge in [0.15, 0.2) is 0 Å². The number of rotatable bonds is 16. The zero-order valence-corrected chi connectivity index (χ0v) is 46.2. The largest absolute Gasteiger partial charge is 0.497 e. The predicted octanol–water partition coefficient (Wildman–Crippen LogP) is 6.72. The maximum absolute atomic E-state index is 13.7. The van der Waals surface area contributed by atoms with Gasteiger partial charge in [0.25, 0.3) is 0 Å². The molecule has 0 bridgehead atoms. The van der Waals surface area contributed by atoms with Gasteiger partial charge in [-0.2, -0.15) is 8.61 Å². The highest BCUT2D eigenvalue weighted by Crippen LogP contribution is 2.37. The number of carbonyl (C=O) groups is 2. The van der Waals surface area contributed by atoms with Crippen molar-refractivity contribution in [1.29, 1.82) is 0 Å². The molecule has 2 unspecified atom stereocenters. The van der Waals surface area contributed by atoms with Crippen LogP contribution in [0.5, 0.6) is 11.5 Å². The zero-order valence-electron chi connectivity index (χ0n) is 43.0. The molecule has 4 aliphatic heterocycles. The molecule has 0 radical (unpaired) electrons. The Kier molecular flexibility index (Phi) is 20.9. The highest BCUT2D eigenvalue weighted by atomic mass is 32.2. The number of nitrogens with zero attached hydrogens (tertiary/aromatic N) is 3. The third-order valence-electron chi connectivity index (χ3n) is 14.0. The van der Waals surface area contributed by atoms with E-state index in [2.05, 4.69) is 5.32 Å². The SMILES string of the molecule is COc1cc(C)c(S(=O)(=O)N2CCCCC2COCC(=O)N2CCC(O)(c3cccs3)CC2)c(C)c1.COc1cc(C)c(S(=O)(=O)N2CCCCC2COCC(=O)O)c(C)c1.OC1(c2cccs2)CCNCC1. The van der Waals surface area contributed by atoms with E-state index in [1.807, 2.05) is 35.0 Å². The van der Waals surface area contributed by atoms with E-state index in [1.54, 1.807) is 86.7 Å². The van der Waals surface area contributed by atoms with Crippen LogP contribution in [0.15, 0.2) is 69.1 Å². The summed E-state index contributed by atoms with van der Waals surface area (Å²) in [6, 6.07) is 14.1. The molecule has 4 aromatic rings. The van der Waals surface area contributed by atoms with Crippen molar-refractivity contribution in [3.8, 4) is 11.5 Å². The number of carbonyl (C=O) groups excluding carboxylic acids is 1. The van der Waals surface area contributed by atoms with Gasteiger partial charge >= 0.3 is 5.97 Å². The molecule has 1 amide bonds. The van der Waals surface area contributed by atoms with E-state index >= 15 is 0 Å². The monoisotopic (exact) mass is 1090 g/mol. The Balaban J connectivity index is 0.000000202. The van der Waals surface area contributed by atoms with Crippen LogP contribution in [0.25, 0.3) is 0 Å². The van der Waals surface area contributed by atoms with Crippen LogP contribution in [0.3, 0.4) is 0 Å². The number of hydrogen-bond acceptors (Lipinski definition) is 15. The van der Waals surface area contributed by atoms with Gasteiger partial charge in [0.1, 0.15) is 35.9 Å². The van der Waals surface area contributed by atoms with Gasteiger partial charge in [-0.3, -0.25) is 4.79 Å². The number of piperidine rings is 4. The first-order chi connectivity index (χ1) is 34.7. The molecule has 21 heteroatoms. The fraction of sp³-hybridized carbons (Fsp3) is 0.577. The molecule has 73 heavy (non-hydrogen) atoms. The minimum absolute atomic E-state index is 0.0831. The van der Waals surface area contributed by atoms with E-state index in [1.165, 1.54) is 15.6 Å². The molecule has 4 fully saturated rings. The molecule has 17 nitrogen and oxygen atoms in total. The lowest BCUT2D eigenvalue weighted by Gasteiger charge is -2.38. The Morgan fingerprint density at radius 3 is 1.44 bits per heavy atom. The van der Waals surface area contributed by atoms with Crippen molar-refractivity contribution in [2.75, 3.05) is 79.9 Å². The quantitative estimate of drug-likeness (QED) is 0.0916. The Morgan fingerprint density at radius 2 is 1.05 bits per heavy atom. The minimum Gasteiger partial charge on any atom is -0.497 e. The lowest BCUT2D eigenvalue weighted by atomic mass is 9.90. The molecule has 0 spiro atoms. The van der Waals surface area contributed by atoms with E-state index in [0.29, 0.717) is 95.4 Å². The summed E-state index contributed by atoms with van der Waals surface area (Å²) in [4.78, 5) is 27.8. The van der Waals surface area contributed by atoms with Gasteiger partial charge in [0.2, 0.25) is 26.0 Å². The van der Waals surface area contributed by atoms with E-state index in [-0.39, 0.29) is 37.8 Å². The van der Waals surface area contributed by atoms with Gasteiger partial charge in [-0.25, -0.2) is 21.6 Å². The molecule has 0 saturated carbocycles. The number of methoxy groups -OCH3 is 2. The van der Waals surface area contributed by atoms with Crippen LogP contribution in [-0.4, -0.2) is 150 Å². The number of benzene rings is 2. The molecular weight excluding hydrogens is 1020 g/mol. The van der Waals surface area contributed by atoms with Crippen LogP contribution in [0.1, 0.15) is 96.2 Å². The Labute approximate surface area is 439 Å². The first kappa shape index (κ1) is 58.3. The van der Waals surface area contributed by atoms with Crippen LogP contribution >= 0.6 is 22.7 Å². The summed E-state index contributed by atoms with van der Waals surface area (Å²) >= 11 is 3.18. The number of likely N-dealkylation sites (tertiary alicyclic amines) is 1. The highest BCUT2D eigenvalue weighted by Gasteiger charge is 2.39. The summed E-state index contributed by atoms with van der Waals surface area (Å²) in [6.45, 7) is 10.4. The topological polar surface area (TPSA) is 222 Å². The first-order valence-corrected chi connectivity index (χ1v) is 29.6. The number of thiophene rings is 2. The second kappa shape index (κ2) is 26.2. The maximum atomic E-state index is 13.7. The summed E-state index contributed by atoms with van der Waals surface area (Å²) in [5.41, 5.74) is 1.15. The number of amides is 1. The van der Waals surface area contributed by atoms with Crippen LogP contribution in [0.4, 0.5) is 0 Å². The van der Waals surface area contributed by atoms with Crippen molar-refractivity contribution in [1.82, 2.24) is 18.8 Å². The molecule has 4 aliphatic rings.